The van der Waals surface area contributed by atoms with E-state index in [0.717, 1.165) is 50.3 Å². The van der Waals surface area contributed by atoms with Crippen LogP contribution in [-0.4, -0.2) is 53.3 Å². The highest BCUT2D eigenvalue weighted by atomic mass is 16.4. The number of phenolic OH excluding ortho intramolecular Hbond substituents is 1. The molecule has 31 heavy (non-hydrogen) atoms. The minimum Gasteiger partial charge on any atom is -0.508 e. The van der Waals surface area contributed by atoms with Crippen molar-refractivity contribution in [2.24, 2.45) is 5.92 Å². The molecule has 2 N–H and O–H groups in total. The van der Waals surface area contributed by atoms with Crippen LogP contribution in [0.1, 0.15) is 49.5 Å². The number of allylic oxidation sites excluding steroid dienone is 2. The maximum atomic E-state index is 11.1. The second kappa shape index (κ2) is 10.5. The standard InChI is InChI=1S/C26H34N2O3/c1-4-21(9-8-19(2)23-6-5-7-25(29)18-23)20(3)27-14-16-28(17-15-27)24-12-10-22(11-13-24)26(30)31/h5-8,10-13,18,20-21,29H,4,9,14-17H2,1-3H3,(H,30,31)/b19-8+. The van der Waals surface area contributed by atoms with Gasteiger partial charge in [0.1, 0.15) is 5.75 Å². The van der Waals surface area contributed by atoms with Gasteiger partial charge in [0.25, 0.3) is 0 Å². The topological polar surface area (TPSA) is 64.0 Å². The van der Waals surface area contributed by atoms with Gasteiger partial charge >= 0.3 is 5.97 Å². The van der Waals surface area contributed by atoms with E-state index >= 15 is 0 Å². The number of carboxylic acid groups (broad SMARTS) is 1. The molecule has 2 aromatic carbocycles. The van der Waals surface area contributed by atoms with Crippen molar-refractivity contribution in [2.75, 3.05) is 31.1 Å². The fourth-order valence-electron chi connectivity index (χ4n) is 4.40. The molecule has 1 fully saturated rings. The molecule has 1 aliphatic rings. The molecule has 2 aromatic rings. The number of carboxylic acids is 1. The number of anilines is 1. The number of phenols is 1. The average molecular weight is 423 g/mol. The molecule has 0 radical (unpaired) electrons. The zero-order valence-electron chi connectivity index (χ0n) is 18.8. The molecule has 0 aliphatic carbocycles. The van der Waals surface area contributed by atoms with E-state index in [0.29, 0.717) is 23.3 Å². The lowest BCUT2D eigenvalue weighted by Crippen LogP contribution is -2.51. The van der Waals surface area contributed by atoms with E-state index in [-0.39, 0.29) is 0 Å². The second-order valence-electron chi connectivity index (χ2n) is 8.46. The Kier molecular flexibility index (Phi) is 7.75. The SMILES string of the molecule is CCC(C/C=C(\C)c1cccc(O)c1)C(C)N1CCN(c2ccc(C(=O)O)cc2)CC1. The zero-order valence-corrected chi connectivity index (χ0v) is 18.8. The quantitative estimate of drug-likeness (QED) is 0.618. The van der Waals surface area contributed by atoms with Gasteiger partial charge in [0.05, 0.1) is 5.56 Å². The van der Waals surface area contributed by atoms with Crippen LogP contribution in [0.5, 0.6) is 5.75 Å². The summed E-state index contributed by atoms with van der Waals surface area (Å²) in [5, 5.41) is 18.8. The fourth-order valence-corrected chi connectivity index (χ4v) is 4.40. The van der Waals surface area contributed by atoms with Crippen molar-refractivity contribution < 1.29 is 15.0 Å². The Bertz CT molecular complexity index is 899. The van der Waals surface area contributed by atoms with Crippen LogP contribution in [0.15, 0.2) is 54.6 Å². The summed E-state index contributed by atoms with van der Waals surface area (Å²) in [4.78, 5) is 16.0. The second-order valence-corrected chi connectivity index (χ2v) is 8.46. The van der Waals surface area contributed by atoms with Crippen molar-refractivity contribution in [3.63, 3.8) is 0 Å². The van der Waals surface area contributed by atoms with E-state index in [1.807, 2.05) is 30.3 Å². The van der Waals surface area contributed by atoms with Crippen LogP contribution >= 0.6 is 0 Å². The van der Waals surface area contributed by atoms with Crippen LogP contribution in [0.4, 0.5) is 5.69 Å². The average Bonchev–Trinajstić information content (AvgIpc) is 2.79. The van der Waals surface area contributed by atoms with Crippen molar-refractivity contribution >= 4 is 17.2 Å². The predicted molar refractivity (Wildman–Crippen MR) is 127 cm³/mol. The smallest absolute Gasteiger partial charge is 0.335 e. The van der Waals surface area contributed by atoms with E-state index in [9.17, 15) is 9.90 Å². The number of benzene rings is 2. The Morgan fingerprint density at radius 1 is 1.06 bits per heavy atom. The summed E-state index contributed by atoms with van der Waals surface area (Å²) in [5.74, 6) is -0.000978. The Hall–Kier alpha value is -2.79. The molecule has 5 nitrogen and oxygen atoms in total. The van der Waals surface area contributed by atoms with E-state index in [4.69, 9.17) is 5.11 Å². The molecule has 2 unspecified atom stereocenters. The third-order valence-electron chi connectivity index (χ3n) is 6.60. The summed E-state index contributed by atoms with van der Waals surface area (Å²) in [6.45, 7) is 10.6. The third-order valence-corrected chi connectivity index (χ3v) is 6.60. The van der Waals surface area contributed by atoms with Crippen molar-refractivity contribution in [1.29, 1.82) is 0 Å². The van der Waals surface area contributed by atoms with Gasteiger partial charge in [-0.05, 0) is 73.7 Å². The van der Waals surface area contributed by atoms with Gasteiger partial charge < -0.3 is 15.1 Å². The minimum atomic E-state index is -0.885. The van der Waals surface area contributed by atoms with Crippen molar-refractivity contribution in [3.8, 4) is 5.75 Å². The Labute approximate surface area is 185 Å². The molecule has 2 atom stereocenters. The summed E-state index contributed by atoms with van der Waals surface area (Å²) >= 11 is 0. The highest BCUT2D eigenvalue weighted by Crippen LogP contribution is 2.26. The maximum Gasteiger partial charge on any atom is 0.335 e. The minimum absolute atomic E-state index is 0.307. The number of aromatic carboxylic acids is 1. The Balaban J connectivity index is 1.56. The molecular weight excluding hydrogens is 388 g/mol. The first-order valence-corrected chi connectivity index (χ1v) is 11.2. The first-order chi connectivity index (χ1) is 14.9. The predicted octanol–water partition coefficient (Wildman–Crippen LogP) is 5.12. The van der Waals surface area contributed by atoms with Gasteiger partial charge in [-0.15, -0.1) is 0 Å². The van der Waals surface area contributed by atoms with Gasteiger partial charge in [0.2, 0.25) is 0 Å². The lowest BCUT2D eigenvalue weighted by atomic mass is 9.91. The van der Waals surface area contributed by atoms with Crippen molar-refractivity contribution in [3.05, 3.63) is 65.7 Å². The van der Waals surface area contributed by atoms with Gasteiger partial charge in [-0.1, -0.05) is 31.6 Å². The first kappa shape index (κ1) is 22.9. The largest absolute Gasteiger partial charge is 0.508 e. The van der Waals surface area contributed by atoms with Crippen LogP contribution in [0.3, 0.4) is 0 Å². The lowest BCUT2D eigenvalue weighted by molar-refractivity contribution is 0.0697. The van der Waals surface area contributed by atoms with Crippen LogP contribution in [0, 0.1) is 5.92 Å². The van der Waals surface area contributed by atoms with Gasteiger partial charge in [-0.25, -0.2) is 4.79 Å². The monoisotopic (exact) mass is 422 g/mol. The molecule has 3 rings (SSSR count). The highest BCUT2D eigenvalue weighted by molar-refractivity contribution is 5.88. The molecule has 1 heterocycles. The van der Waals surface area contributed by atoms with Crippen molar-refractivity contribution in [2.45, 2.75) is 39.7 Å². The fraction of sp³-hybridized carbons (Fsp3) is 0.423. The van der Waals surface area contributed by atoms with Gasteiger partial charge in [0.15, 0.2) is 0 Å². The van der Waals surface area contributed by atoms with Gasteiger partial charge in [0, 0.05) is 37.9 Å². The van der Waals surface area contributed by atoms with Crippen LogP contribution in [0.2, 0.25) is 0 Å². The van der Waals surface area contributed by atoms with E-state index in [1.165, 1.54) is 5.57 Å². The molecule has 0 amide bonds. The molecule has 0 spiro atoms. The molecule has 1 saturated heterocycles. The molecule has 0 aromatic heterocycles. The highest BCUT2D eigenvalue weighted by Gasteiger charge is 2.25. The molecule has 0 bridgehead atoms. The number of hydrogen-bond acceptors (Lipinski definition) is 4. The lowest BCUT2D eigenvalue weighted by Gasteiger charge is -2.41. The molecule has 1 aliphatic heterocycles. The van der Waals surface area contributed by atoms with Gasteiger partial charge in [-0.2, -0.15) is 0 Å². The normalized spacial score (nSPS) is 17.4. The summed E-state index contributed by atoms with van der Waals surface area (Å²) in [5.41, 5.74) is 3.70. The van der Waals surface area contributed by atoms with Gasteiger partial charge in [-0.3, -0.25) is 4.90 Å². The number of rotatable bonds is 8. The van der Waals surface area contributed by atoms with Crippen LogP contribution in [-0.2, 0) is 0 Å². The first-order valence-electron chi connectivity index (χ1n) is 11.2. The van der Waals surface area contributed by atoms with E-state index in [2.05, 4.69) is 36.6 Å². The third kappa shape index (κ3) is 5.88. The van der Waals surface area contributed by atoms with Crippen molar-refractivity contribution in [1.82, 2.24) is 4.90 Å². The molecular formula is C26H34N2O3. The molecule has 166 valence electrons. The Morgan fingerprint density at radius 3 is 2.32 bits per heavy atom. The van der Waals surface area contributed by atoms with E-state index < -0.39 is 5.97 Å². The zero-order chi connectivity index (χ0) is 22.4. The number of piperazine rings is 1. The number of aromatic hydroxyl groups is 1. The van der Waals surface area contributed by atoms with Crippen LogP contribution in [0.25, 0.3) is 5.57 Å². The molecule has 5 heteroatoms. The van der Waals surface area contributed by atoms with Crippen LogP contribution < -0.4 is 4.90 Å². The Morgan fingerprint density at radius 2 is 1.74 bits per heavy atom. The number of nitrogens with zero attached hydrogens (tertiary/aromatic N) is 2. The number of carbonyl (C=O) groups is 1. The van der Waals surface area contributed by atoms with E-state index in [1.54, 1.807) is 18.2 Å². The summed E-state index contributed by atoms with van der Waals surface area (Å²) < 4.78 is 0. The summed E-state index contributed by atoms with van der Waals surface area (Å²) in [6, 6.07) is 15.1. The summed E-state index contributed by atoms with van der Waals surface area (Å²) in [7, 11) is 0. The maximum absolute atomic E-state index is 11.1. The summed E-state index contributed by atoms with van der Waals surface area (Å²) in [6.07, 6.45) is 4.46. The molecule has 0 saturated carbocycles. The number of hydrogen-bond donors (Lipinski definition) is 2.